The molecule has 19 heavy (non-hydrogen) atoms. The van der Waals surface area contributed by atoms with Crippen LogP contribution in [-0.4, -0.2) is 17.0 Å². The molecular formula is C17H18O2. The molecule has 0 aromatic heterocycles. The lowest BCUT2D eigenvalue weighted by atomic mass is 10.00. The first kappa shape index (κ1) is 13.5. The van der Waals surface area contributed by atoms with Crippen molar-refractivity contribution in [3.05, 3.63) is 71.3 Å². The summed E-state index contributed by atoms with van der Waals surface area (Å²) in [5.41, 5.74) is 2.91. The monoisotopic (exact) mass is 254 g/mol. The highest BCUT2D eigenvalue weighted by Gasteiger charge is 2.13. The number of aryl methyl sites for hydroxylation is 1. The van der Waals surface area contributed by atoms with Crippen LogP contribution in [0.15, 0.2) is 54.6 Å². The summed E-state index contributed by atoms with van der Waals surface area (Å²) in [6.07, 6.45) is 0.0481. The van der Waals surface area contributed by atoms with Gasteiger partial charge in [0, 0.05) is 12.0 Å². The average Bonchev–Trinajstić information content (AvgIpc) is 2.42. The number of carbonyl (C=O) groups is 1. The third-order valence-electron chi connectivity index (χ3n) is 3.11. The minimum atomic E-state index is -0.629. The van der Waals surface area contributed by atoms with Gasteiger partial charge in [-0.15, -0.1) is 0 Å². The van der Waals surface area contributed by atoms with Gasteiger partial charge in [-0.05, 0) is 18.9 Å². The maximum Gasteiger partial charge on any atom is 0.165 e. The molecule has 1 N–H and O–H groups in total. The van der Waals surface area contributed by atoms with Gasteiger partial charge in [0.15, 0.2) is 5.78 Å². The van der Waals surface area contributed by atoms with Gasteiger partial charge in [-0.1, -0.05) is 60.2 Å². The average molecular weight is 254 g/mol. The second kappa shape index (κ2) is 6.30. The number of aliphatic hydroxyl groups is 1. The van der Waals surface area contributed by atoms with Gasteiger partial charge in [-0.2, -0.15) is 0 Å². The van der Waals surface area contributed by atoms with E-state index >= 15 is 0 Å². The van der Waals surface area contributed by atoms with Crippen LogP contribution < -0.4 is 0 Å². The summed E-state index contributed by atoms with van der Waals surface area (Å²) >= 11 is 0. The molecule has 2 rings (SSSR count). The maximum atomic E-state index is 11.9. The molecule has 98 valence electrons. The van der Waals surface area contributed by atoms with Gasteiger partial charge in [0.1, 0.15) is 0 Å². The van der Waals surface area contributed by atoms with Crippen molar-refractivity contribution >= 4 is 5.78 Å². The van der Waals surface area contributed by atoms with Crippen LogP contribution in [0.25, 0.3) is 0 Å². The predicted octanol–water partition coefficient (Wildman–Crippen LogP) is 3.17. The standard InChI is InChI=1S/C17H18O2/c1-13-7-9-14(10-8-13)11-16(18)12-17(19)15-5-3-2-4-6-15/h2-10,16,18H,11-12H2,1H3. The van der Waals surface area contributed by atoms with Crippen LogP contribution in [0.1, 0.15) is 27.9 Å². The number of aliphatic hydroxyl groups excluding tert-OH is 1. The van der Waals surface area contributed by atoms with E-state index < -0.39 is 6.10 Å². The lowest BCUT2D eigenvalue weighted by Gasteiger charge is -2.10. The largest absolute Gasteiger partial charge is 0.392 e. The van der Waals surface area contributed by atoms with E-state index in [-0.39, 0.29) is 12.2 Å². The second-order valence-corrected chi connectivity index (χ2v) is 4.84. The Bertz CT molecular complexity index is 529. The van der Waals surface area contributed by atoms with E-state index in [4.69, 9.17) is 0 Å². The molecule has 0 saturated heterocycles. The van der Waals surface area contributed by atoms with Gasteiger partial charge < -0.3 is 5.11 Å². The predicted molar refractivity (Wildman–Crippen MR) is 76.3 cm³/mol. The van der Waals surface area contributed by atoms with E-state index in [0.717, 1.165) is 5.56 Å². The van der Waals surface area contributed by atoms with E-state index in [2.05, 4.69) is 0 Å². The van der Waals surface area contributed by atoms with Crippen molar-refractivity contribution in [1.29, 1.82) is 0 Å². The zero-order chi connectivity index (χ0) is 13.7. The third-order valence-corrected chi connectivity index (χ3v) is 3.11. The molecule has 0 fully saturated rings. The van der Waals surface area contributed by atoms with Crippen LogP contribution in [0, 0.1) is 6.92 Å². The molecule has 0 aliphatic heterocycles. The van der Waals surface area contributed by atoms with E-state index in [9.17, 15) is 9.90 Å². The van der Waals surface area contributed by atoms with E-state index in [0.29, 0.717) is 12.0 Å². The number of hydrogen-bond acceptors (Lipinski definition) is 2. The summed E-state index contributed by atoms with van der Waals surface area (Å²) in [4.78, 5) is 11.9. The highest BCUT2D eigenvalue weighted by atomic mass is 16.3. The van der Waals surface area contributed by atoms with Crippen molar-refractivity contribution in [2.24, 2.45) is 0 Å². The highest BCUT2D eigenvalue weighted by molar-refractivity contribution is 5.96. The van der Waals surface area contributed by atoms with Crippen LogP contribution in [0.5, 0.6) is 0 Å². The molecule has 0 bridgehead atoms. The van der Waals surface area contributed by atoms with Crippen LogP contribution >= 0.6 is 0 Å². The summed E-state index contributed by atoms with van der Waals surface area (Å²) in [6.45, 7) is 2.03. The Morgan fingerprint density at radius 2 is 1.68 bits per heavy atom. The summed E-state index contributed by atoms with van der Waals surface area (Å²) in [7, 11) is 0. The fourth-order valence-electron chi connectivity index (χ4n) is 2.02. The summed E-state index contributed by atoms with van der Waals surface area (Å²) < 4.78 is 0. The number of benzene rings is 2. The van der Waals surface area contributed by atoms with E-state index in [1.165, 1.54) is 5.56 Å². The van der Waals surface area contributed by atoms with Crippen molar-refractivity contribution in [3.8, 4) is 0 Å². The number of rotatable bonds is 5. The second-order valence-electron chi connectivity index (χ2n) is 4.84. The Balaban J connectivity index is 1.92. The zero-order valence-electron chi connectivity index (χ0n) is 11.0. The van der Waals surface area contributed by atoms with Crippen LogP contribution in [-0.2, 0) is 6.42 Å². The minimum absolute atomic E-state index is 0.0137. The minimum Gasteiger partial charge on any atom is -0.392 e. The van der Waals surface area contributed by atoms with Crippen LogP contribution in [0.3, 0.4) is 0 Å². The first-order valence-electron chi connectivity index (χ1n) is 6.47. The highest BCUT2D eigenvalue weighted by Crippen LogP contribution is 2.11. The molecular weight excluding hydrogens is 236 g/mol. The number of hydrogen-bond donors (Lipinski definition) is 1. The quantitative estimate of drug-likeness (QED) is 0.832. The number of Topliss-reactive ketones (excluding diaryl/α,β-unsaturated/α-hetero) is 1. The Labute approximate surface area is 113 Å². The Morgan fingerprint density at radius 1 is 1.05 bits per heavy atom. The molecule has 1 atom stereocenters. The first-order chi connectivity index (χ1) is 9.15. The summed E-state index contributed by atoms with van der Waals surface area (Å²) in [6, 6.07) is 17.1. The van der Waals surface area contributed by atoms with Crippen molar-refractivity contribution in [3.63, 3.8) is 0 Å². The van der Waals surface area contributed by atoms with Gasteiger partial charge in [-0.25, -0.2) is 0 Å². The molecule has 2 nitrogen and oxygen atoms in total. The van der Waals surface area contributed by atoms with E-state index in [1.54, 1.807) is 12.1 Å². The molecule has 2 aromatic carbocycles. The molecule has 2 aromatic rings. The van der Waals surface area contributed by atoms with Gasteiger partial charge >= 0.3 is 0 Å². The number of carbonyl (C=O) groups excluding carboxylic acids is 1. The maximum absolute atomic E-state index is 11.9. The molecule has 2 heteroatoms. The Morgan fingerprint density at radius 3 is 2.32 bits per heavy atom. The van der Waals surface area contributed by atoms with Crippen molar-refractivity contribution in [1.82, 2.24) is 0 Å². The van der Waals surface area contributed by atoms with Crippen LogP contribution in [0.2, 0.25) is 0 Å². The lowest BCUT2D eigenvalue weighted by molar-refractivity contribution is 0.0881. The topological polar surface area (TPSA) is 37.3 Å². The molecule has 0 saturated carbocycles. The molecule has 0 amide bonds. The van der Waals surface area contributed by atoms with Gasteiger partial charge in [0.25, 0.3) is 0 Å². The Hall–Kier alpha value is -1.93. The lowest BCUT2D eigenvalue weighted by Crippen LogP contribution is -2.16. The number of ketones is 1. The zero-order valence-corrected chi connectivity index (χ0v) is 11.0. The fraction of sp³-hybridized carbons (Fsp3) is 0.235. The fourth-order valence-corrected chi connectivity index (χ4v) is 2.02. The molecule has 0 aliphatic rings. The van der Waals surface area contributed by atoms with E-state index in [1.807, 2.05) is 49.4 Å². The summed E-state index contributed by atoms with van der Waals surface area (Å²) in [5.74, 6) is -0.0137. The molecule has 0 radical (unpaired) electrons. The smallest absolute Gasteiger partial charge is 0.165 e. The molecule has 1 unspecified atom stereocenters. The third kappa shape index (κ3) is 4.04. The van der Waals surface area contributed by atoms with Crippen molar-refractivity contribution < 1.29 is 9.90 Å². The molecule has 0 aliphatic carbocycles. The molecule has 0 spiro atoms. The SMILES string of the molecule is Cc1ccc(CC(O)CC(=O)c2ccccc2)cc1. The van der Waals surface area contributed by atoms with Gasteiger partial charge in [0.05, 0.1) is 6.10 Å². The normalized spacial score (nSPS) is 12.1. The van der Waals surface area contributed by atoms with Gasteiger partial charge in [-0.3, -0.25) is 4.79 Å². The Kier molecular flexibility index (Phi) is 4.48. The summed E-state index contributed by atoms with van der Waals surface area (Å²) in [5, 5.41) is 9.98. The first-order valence-corrected chi connectivity index (χ1v) is 6.47. The van der Waals surface area contributed by atoms with Crippen molar-refractivity contribution in [2.45, 2.75) is 25.9 Å². The van der Waals surface area contributed by atoms with Gasteiger partial charge in [0.2, 0.25) is 0 Å². The van der Waals surface area contributed by atoms with Crippen LogP contribution in [0.4, 0.5) is 0 Å². The molecule has 0 heterocycles. The van der Waals surface area contributed by atoms with Crippen molar-refractivity contribution in [2.75, 3.05) is 0 Å².